The van der Waals surface area contributed by atoms with Crippen LogP contribution in [0.25, 0.3) is 11.3 Å². The molecule has 10 nitrogen and oxygen atoms in total. The zero-order valence-corrected chi connectivity index (χ0v) is 23.5. The largest absolute Gasteiger partial charge is 0.385 e. The molecule has 3 heterocycles. The highest BCUT2D eigenvalue weighted by molar-refractivity contribution is 5.68. The molecule has 3 aromatic carbocycles. The fourth-order valence-electron chi connectivity index (χ4n) is 5.09. The van der Waals surface area contributed by atoms with Gasteiger partial charge in [-0.25, -0.2) is 14.8 Å². The van der Waals surface area contributed by atoms with Gasteiger partial charge in [0, 0.05) is 12.4 Å². The summed E-state index contributed by atoms with van der Waals surface area (Å²) in [7, 11) is 0. The molecule has 43 heavy (non-hydrogen) atoms. The van der Waals surface area contributed by atoms with Crippen molar-refractivity contribution in [1.29, 1.82) is 0 Å². The fraction of sp³-hybridized carbons (Fsp3) is 0.242. The first kappa shape index (κ1) is 28.5. The highest BCUT2D eigenvalue weighted by Gasteiger charge is 2.47. The molecule has 10 heteroatoms. The van der Waals surface area contributed by atoms with Crippen molar-refractivity contribution in [3.05, 3.63) is 137 Å². The number of hydrogen-bond donors (Lipinski definition) is 2. The van der Waals surface area contributed by atoms with E-state index in [0.717, 1.165) is 16.7 Å². The van der Waals surface area contributed by atoms with E-state index in [-0.39, 0.29) is 5.82 Å². The van der Waals surface area contributed by atoms with Crippen LogP contribution in [0.15, 0.2) is 115 Å². The molecule has 0 saturated carbocycles. The van der Waals surface area contributed by atoms with E-state index < -0.39 is 30.2 Å². The van der Waals surface area contributed by atoms with Crippen LogP contribution < -0.4 is 11.4 Å². The molecular formula is C33H33N5O5. The third-order valence-electron chi connectivity index (χ3n) is 7.26. The zero-order valence-electron chi connectivity index (χ0n) is 23.5. The Kier molecular flexibility index (Phi) is 9.00. The lowest BCUT2D eigenvalue weighted by atomic mass is 10.1. The number of imidazole rings is 1. The van der Waals surface area contributed by atoms with Crippen LogP contribution in [-0.4, -0.2) is 44.4 Å². The van der Waals surface area contributed by atoms with Crippen molar-refractivity contribution in [2.24, 2.45) is 0 Å². The van der Waals surface area contributed by atoms with Crippen LogP contribution in [0.1, 0.15) is 22.9 Å². The first-order chi connectivity index (χ1) is 21.1. The van der Waals surface area contributed by atoms with Crippen LogP contribution in [0.4, 0.5) is 5.82 Å². The summed E-state index contributed by atoms with van der Waals surface area (Å²) >= 11 is 0. The molecule has 0 amide bonds. The Bertz CT molecular complexity index is 1640. The standard InChI is InChI=1S/C33H33N5O5/c34-31-26(16-35-33(39)37-31)27-17-38(22-36-27)32-30(42-20-25-14-8-3-9-15-25)29(41-19-24-12-6-2-7-13-24)28(43-32)21-40-18-23-10-4-1-5-11-23/h1-17,22,28-30,32H,18-21H2,(H3,34,35,37,39)/t28-,29-,30-,32-/m1/s1. The van der Waals surface area contributed by atoms with Gasteiger partial charge in [0.25, 0.3) is 0 Å². The van der Waals surface area contributed by atoms with Gasteiger partial charge in [-0.15, -0.1) is 0 Å². The summed E-state index contributed by atoms with van der Waals surface area (Å²) in [5, 5.41) is 0. The summed E-state index contributed by atoms with van der Waals surface area (Å²) in [6, 6.07) is 30.0. The summed E-state index contributed by atoms with van der Waals surface area (Å²) in [6.45, 7) is 1.50. The zero-order chi connectivity index (χ0) is 29.4. The van der Waals surface area contributed by atoms with Gasteiger partial charge in [-0.05, 0) is 16.7 Å². The van der Waals surface area contributed by atoms with E-state index in [4.69, 9.17) is 24.7 Å². The predicted octanol–water partition coefficient (Wildman–Crippen LogP) is 4.50. The van der Waals surface area contributed by atoms with E-state index in [1.54, 1.807) is 12.5 Å². The Balaban J connectivity index is 1.28. The van der Waals surface area contributed by atoms with Gasteiger partial charge in [0.2, 0.25) is 0 Å². The van der Waals surface area contributed by atoms with E-state index in [0.29, 0.717) is 37.7 Å². The number of nitrogens with two attached hydrogens (primary N) is 1. The van der Waals surface area contributed by atoms with Gasteiger partial charge in [-0.2, -0.15) is 0 Å². The molecule has 3 N–H and O–H groups in total. The van der Waals surface area contributed by atoms with Crippen LogP contribution in [0.3, 0.4) is 0 Å². The third kappa shape index (κ3) is 7.07. The quantitative estimate of drug-likeness (QED) is 0.221. The van der Waals surface area contributed by atoms with E-state index in [2.05, 4.69) is 15.0 Å². The van der Waals surface area contributed by atoms with Crippen LogP contribution in [0.5, 0.6) is 0 Å². The van der Waals surface area contributed by atoms with Gasteiger partial charge in [0.05, 0.1) is 44.0 Å². The van der Waals surface area contributed by atoms with Crippen molar-refractivity contribution >= 4 is 5.82 Å². The lowest BCUT2D eigenvalue weighted by Crippen LogP contribution is -2.38. The van der Waals surface area contributed by atoms with Crippen molar-refractivity contribution in [1.82, 2.24) is 19.5 Å². The van der Waals surface area contributed by atoms with Crippen LogP contribution in [0, 0.1) is 0 Å². The molecule has 4 atom stereocenters. The van der Waals surface area contributed by atoms with Gasteiger partial charge in [0.1, 0.15) is 24.1 Å². The highest BCUT2D eigenvalue weighted by Crippen LogP contribution is 2.36. The van der Waals surface area contributed by atoms with E-state index in [1.165, 1.54) is 6.20 Å². The van der Waals surface area contributed by atoms with Gasteiger partial charge in [0.15, 0.2) is 6.23 Å². The first-order valence-corrected chi connectivity index (χ1v) is 14.1. The molecule has 0 aliphatic carbocycles. The maximum Gasteiger partial charge on any atom is 0.346 e. The molecule has 5 aromatic rings. The summed E-state index contributed by atoms with van der Waals surface area (Å²) in [6.07, 6.45) is 2.92. The number of anilines is 1. The highest BCUT2D eigenvalue weighted by atomic mass is 16.6. The molecule has 1 aliphatic heterocycles. The van der Waals surface area contributed by atoms with Gasteiger partial charge < -0.3 is 29.2 Å². The summed E-state index contributed by atoms with van der Waals surface area (Å²) in [4.78, 5) is 22.5. The maximum absolute atomic E-state index is 11.6. The number of H-pyrrole nitrogens is 1. The number of hydrogen-bond acceptors (Lipinski definition) is 8. The molecule has 1 aliphatic rings. The Hall–Kier alpha value is -4.61. The Morgan fingerprint density at radius 2 is 1.37 bits per heavy atom. The number of nitrogen functional groups attached to an aromatic ring is 1. The van der Waals surface area contributed by atoms with Crippen LogP contribution in [-0.2, 0) is 38.8 Å². The summed E-state index contributed by atoms with van der Waals surface area (Å²) in [5.74, 6) is 0.186. The number of aromatic nitrogens is 4. The van der Waals surface area contributed by atoms with Crippen molar-refractivity contribution in [3.63, 3.8) is 0 Å². The van der Waals surface area contributed by atoms with Crippen molar-refractivity contribution in [3.8, 4) is 11.3 Å². The second-order valence-electron chi connectivity index (χ2n) is 10.3. The molecule has 1 fully saturated rings. The topological polar surface area (TPSA) is 127 Å². The lowest BCUT2D eigenvalue weighted by molar-refractivity contribution is -0.0916. The van der Waals surface area contributed by atoms with Crippen LogP contribution >= 0.6 is 0 Å². The molecule has 6 rings (SSSR count). The van der Waals surface area contributed by atoms with Crippen molar-refractivity contribution in [2.75, 3.05) is 12.3 Å². The second kappa shape index (κ2) is 13.6. The Labute approximate surface area is 249 Å². The maximum atomic E-state index is 11.6. The average molecular weight is 580 g/mol. The Morgan fingerprint density at radius 3 is 1.98 bits per heavy atom. The number of rotatable bonds is 12. The number of aromatic amines is 1. The fourth-order valence-corrected chi connectivity index (χ4v) is 5.09. The SMILES string of the molecule is Nc1[nH]c(=O)ncc1-c1cn([C@@H]2O[C@H](COCc3ccccc3)[C@@H](OCc3ccccc3)[C@H]2OCc2ccccc2)cn1. The molecule has 0 unspecified atom stereocenters. The van der Waals surface area contributed by atoms with Crippen molar-refractivity contribution in [2.45, 2.75) is 44.4 Å². The molecule has 0 spiro atoms. The third-order valence-corrected chi connectivity index (χ3v) is 7.26. The minimum Gasteiger partial charge on any atom is -0.385 e. The first-order valence-electron chi connectivity index (χ1n) is 14.1. The van der Waals surface area contributed by atoms with Crippen LogP contribution in [0.2, 0.25) is 0 Å². The molecular weight excluding hydrogens is 546 g/mol. The normalized spacial score (nSPS) is 19.9. The van der Waals surface area contributed by atoms with E-state index in [9.17, 15) is 4.79 Å². The summed E-state index contributed by atoms with van der Waals surface area (Å²) in [5.41, 5.74) is 9.74. The molecule has 220 valence electrons. The molecule has 0 radical (unpaired) electrons. The van der Waals surface area contributed by atoms with E-state index in [1.807, 2.05) is 95.6 Å². The minimum absolute atomic E-state index is 0.186. The van der Waals surface area contributed by atoms with Gasteiger partial charge >= 0.3 is 5.69 Å². The summed E-state index contributed by atoms with van der Waals surface area (Å²) < 4.78 is 27.7. The Morgan fingerprint density at radius 1 is 0.791 bits per heavy atom. The second-order valence-corrected chi connectivity index (χ2v) is 10.3. The predicted molar refractivity (Wildman–Crippen MR) is 161 cm³/mol. The smallest absolute Gasteiger partial charge is 0.346 e. The van der Waals surface area contributed by atoms with Gasteiger partial charge in [-0.1, -0.05) is 91.0 Å². The number of ether oxygens (including phenoxy) is 4. The number of nitrogens with one attached hydrogen (secondary N) is 1. The molecule has 0 bridgehead atoms. The monoisotopic (exact) mass is 579 g/mol. The van der Waals surface area contributed by atoms with E-state index >= 15 is 0 Å². The van der Waals surface area contributed by atoms with Gasteiger partial charge in [-0.3, -0.25) is 4.98 Å². The average Bonchev–Trinajstić information content (AvgIpc) is 3.65. The number of nitrogens with zero attached hydrogens (tertiary/aromatic N) is 3. The number of benzene rings is 3. The lowest BCUT2D eigenvalue weighted by Gasteiger charge is -2.25. The minimum atomic E-state index is -0.576. The van der Waals surface area contributed by atoms with Crippen molar-refractivity contribution < 1.29 is 18.9 Å². The molecule has 2 aromatic heterocycles. The molecule has 1 saturated heterocycles.